The number of oxime groups is 1. The summed E-state index contributed by atoms with van der Waals surface area (Å²) in [7, 11) is 1.55. The molecule has 0 aliphatic carbocycles. The zero-order valence-corrected chi connectivity index (χ0v) is 12.1. The van der Waals surface area contributed by atoms with Gasteiger partial charge in [-0.2, -0.15) is 0 Å². The van der Waals surface area contributed by atoms with Crippen LogP contribution in [0, 0.1) is 10.1 Å². The van der Waals surface area contributed by atoms with Crippen molar-refractivity contribution in [2.75, 3.05) is 12.4 Å². The molecule has 118 valence electrons. The molecule has 0 saturated carbocycles. The van der Waals surface area contributed by atoms with Crippen molar-refractivity contribution < 1.29 is 19.3 Å². The normalized spacial score (nSPS) is 10.3. The number of anilines is 1. The monoisotopic (exact) mass is 315 g/mol. The number of non-ortho nitro benzene ring substituents is 1. The lowest BCUT2D eigenvalue weighted by Crippen LogP contribution is -2.10. The Labute approximate surface area is 131 Å². The highest BCUT2D eigenvalue weighted by molar-refractivity contribution is 5.86. The van der Waals surface area contributed by atoms with Crippen LogP contribution in [0.2, 0.25) is 0 Å². The van der Waals surface area contributed by atoms with Crippen molar-refractivity contribution in [3.63, 3.8) is 0 Å². The summed E-state index contributed by atoms with van der Waals surface area (Å²) in [6.45, 7) is 0. The SMILES string of the molecule is COc1ccc(NC(=O)ON=Cc2ccc([N+](=O)[O-])cc2)cc1. The predicted octanol–water partition coefficient (Wildman–Crippen LogP) is 3.19. The second-order valence-corrected chi connectivity index (χ2v) is 4.32. The van der Waals surface area contributed by atoms with Crippen molar-refractivity contribution in [1.29, 1.82) is 0 Å². The van der Waals surface area contributed by atoms with Gasteiger partial charge in [-0.3, -0.25) is 20.3 Å². The molecule has 0 fully saturated rings. The number of carbonyl (C=O) groups is 1. The minimum Gasteiger partial charge on any atom is -0.497 e. The van der Waals surface area contributed by atoms with Crippen molar-refractivity contribution >= 4 is 23.7 Å². The first-order valence-corrected chi connectivity index (χ1v) is 6.48. The summed E-state index contributed by atoms with van der Waals surface area (Å²) >= 11 is 0. The first kappa shape index (κ1) is 16.0. The molecule has 0 aliphatic heterocycles. The Balaban J connectivity index is 1.86. The zero-order valence-electron chi connectivity index (χ0n) is 12.1. The van der Waals surface area contributed by atoms with E-state index < -0.39 is 11.0 Å². The third-order valence-corrected chi connectivity index (χ3v) is 2.78. The average Bonchev–Trinajstić information content (AvgIpc) is 2.56. The zero-order chi connectivity index (χ0) is 16.7. The molecule has 0 bridgehead atoms. The second kappa shape index (κ2) is 7.55. The van der Waals surface area contributed by atoms with E-state index in [0.29, 0.717) is 17.0 Å². The van der Waals surface area contributed by atoms with Crippen LogP contribution in [-0.2, 0) is 4.84 Å². The summed E-state index contributed by atoms with van der Waals surface area (Å²) in [5, 5.41) is 16.5. The van der Waals surface area contributed by atoms with Crippen molar-refractivity contribution in [3.8, 4) is 5.75 Å². The van der Waals surface area contributed by atoms with Gasteiger partial charge in [-0.1, -0.05) is 5.16 Å². The maximum atomic E-state index is 11.5. The van der Waals surface area contributed by atoms with Crippen molar-refractivity contribution in [2.45, 2.75) is 0 Å². The lowest BCUT2D eigenvalue weighted by atomic mass is 10.2. The van der Waals surface area contributed by atoms with Crippen LogP contribution in [-0.4, -0.2) is 24.3 Å². The fourth-order valence-corrected chi connectivity index (χ4v) is 1.63. The number of ether oxygens (including phenoxy) is 1. The summed E-state index contributed by atoms with van der Waals surface area (Å²) in [6, 6.07) is 12.3. The number of nitrogens with zero attached hydrogens (tertiary/aromatic N) is 2. The fourth-order valence-electron chi connectivity index (χ4n) is 1.63. The van der Waals surface area contributed by atoms with Crippen LogP contribution >= 0.6 is 0 Å². The Kier molecular flexibility index (Phi) is 5.24. The third kappa shape index (κ3) is 4.81. The second-order valence-electron chi connectivity index (χ2n) is 4.32. The number of methoxy groups -OCH3 is 1. The van der Waals surface area contributed by atoms with Gasteiger partial charge in [0.15, 0.2) is 0 Å². The maximum Gasteiger partial charge on any atom is 0.437 e. The minimum absolute atomic E-state index is 0.0275. The van der Waals surface area contributed by atoms with Crippen LogP contribution in [0.25, 0.3) is 0 Å². The van der Waals surface area contributed by atoms with Crippen molar-refractivity contribution in [3.05, 3.63) is 64.2 Å². The molecule has 2 aromatic rings. The highest BCUT2D eigenvalue weighted by atomic mass is 16.7. The molecule has 23 heavy (non-hydrogen) atoms. The third-order valence-electron chi connectivity index (χ3n) is 2.78. The molecule has 0 saturated heterocycles. The van der Waals surface area contributed by atoms with Gasteiger partial charge in [0.25, 0.3) is 5.69 Å². The molecule has 0 unspecified atom stereocenters. The van der Waals surface area contributed by atoms with Gasteiger partial charge < -0.3 is 4.74 Å². The van der Waals surface area contributed by atoms with Crippen molar-refractivity contribution in [1.82, 2.24) is 0 Å². The molecular weight excluding hydrogens is 302 g/mol. The summed E-state index contributed by atoms with van der Waals surface area (Å²) in [5.41, 5.74) is 1.06. The van der Waals surface area contributed by atoms with Gasteiger partial charge in [0.05, 0.1) is 18.2 Å². The molecule has 8 nitrogen and oxygen atoms in total. The molecule has 2 rings (SSSR count). The van der Waals surface area contributed by atoms with Crippen LogP contribution in [0.1, 0.15) is 5.56 Å². The van der Waals surface area contributed by atoms with Gasteiger partial charge in [0.1, 0.15) is 5.75 Å². The van der Waals surface area contributed by atoms with E-state index in [1.165, 1.54) is 30.5 Å². The Hall–Kier alpha value is -3.42. The molecule has 8 heteroatoms. The van der Waals surface area contributed by atoms with E-state index in [2.05, 4.69) is 15.3 Å². The molecule has 0 spiro atoms. The van der Waals surface area contributed by atoms with E-state index in [1.54, 1.807) is 31.4 Å². The Morgan fingerprint density at radius 3 is 2.39 bits per heavy atom. The first-order chi connectivity index (χ1) is 11.1. The number of nitro groups is 1. The Morgan fingerprint density at radius 1 is 1.17 bits per heavy atom. The summed E-state index contributed by atoms with van der Waals surface area (Å²) in [6.07, 6.45) is 0.519. The highest BCUT2D eigenvalue weighted by Crippen LogP contribution is 2.15. The van der Waals surface area contributed by atoms with Crippen LogP contribution in [0.5, 0.6) is 5.75 Å². The molecule has 2 aromatic carbocycles. The van der Waals surface area contributed by atoms with E-state index in [1.807, 2.05) is 0 Å². The summed E-state index contributed by atoms with van der Waals surface area (Å²) in [5.74, 6) is 0.667. The number of nitro benzene ring substituents is 1. The summed E-state index contributed by atoms with van der Waals surface area (Å²) in [4.78, 5) is 26.2. The molecule has 1 amide bonds. The summed E-state index contributed by atoms with van der Waals surface area (Å²) < 4.78 is 5.00. The Morgan fingerprint density at radius 2 is 1.83 bits per heavy atom. The van der Waals surface area contributed by atoms with E-state index in [-0.39, 0.29) is 5.69 Å². The molecule has 0 aliphatic rings. The number of nitrogens with one attached hydrogen (secondary N) is 1. The predicted molar refractivity (Wildman–Crippen MR) is 83.8 cm³/mol. The lowest BCUT2D eigenvalue weighted by Gasteiger charge is -2.03. The lowest BCUT2D eigenvalue weighted by molar-refractivity contribution is -0.384. The number of hydrogen-bond acceptors (Lipinski definition) is 6. The van der Waals surface area contributed by atoms with E-state index in [4.69, 9.17) is 4.74 Å². The van der Waals surface area contributed by atoms with Gasteiger partial charge in [0.2, 0.25) is 0 Å². The minimum atomic E-state index is -0.756. The molecule has 0 radical (unpaired) electrons. The van der Waals surface area contributed by atoms with Gasteiger partial charge >= 0.3 is 6.09 Å². The van der Waals surface area contributed by atoms with E-state index in [0.717, 1.165) is 0 Å². The van der Waals surface area contributed by atoms with Gasteiger partial charge in [-0.05, 0) is 42.0 Å². The van der Waals surface area contributed by atoms with Gasteiger partial charge in [0, 0.05) is 17.8 Å². The topological polar surface area (TPSA) is 103 Å². The maximum absolute atomic E-state index is 11.5. The van der Waals surface area contributed by atoms with Crippen LogP contribution < -0.4 is 10.1 Å². The van der Waals surface area contributed by atoms with Crippen LogP contribution in [0.3, 0.4) is 0 Å². The Bertz CT molecular complexity index is 711. The fraction of sp³-hybridized carbons (Fsp3) is 0.0667. The number of carbonyl (C=O) groups excluding carboxylic acids is 1. The highest BCUT2D eigenvalue weighted by Gasteiger charge is 2.04. The molecule has 0 atom stereocenters. The van der Waals surface area contributed by atoms with E-state index in [9.17, 15) is 14.9 Å². The van der Waals surface area contributed by atoms with Crippen LogP contribution in [0.4, 0.5) is 16.2 Å². The smallest absolute Gasteiger partial charge is 0.437 e. The van der Waals surface area contributed by atoms with Gasteiger partial charge in [-0.25, -0.2) is 4.79 Å². The quantitative estimate of drug-likeness (QED) is 0.395. The molecule has 1 N–H and O–H groups in total. The molecule has 0 heterocycles. The standard InChI is InChI=1S/C15H13N3O5/c1-22-14-8-4-12(5-9-14)17-15(19)23-16-10-11-2-6-13(7-3-11)18(20)21/h2-10H,1H3,(H,17,19). The first-order valence-electron chi connectivity index (χ1n) is 6.48. The van der Waals surface area contributed by atoms with Crippen LogP contribution in [0.15, 0.2) is 53.7 Å². The largest absolute Gasteiger partial charge is 0.497 e. The number of hydrogen-bond donors (Lipinski definition) is 1. The average molecular weight is 315 g/mol. The van der Waals surface area contributed by atoms with Gasteiger partial charge in [-0.15, -0.1) is 0 Å². The molecular formula is C15H13N3O5. The number of benzene rings is 2. The number of amides is 1. The number of rotatable bonds is 5. The molecule has 0 aromatic heterocycles. The van der Waals surface area contributed by atoms with E-state index >= 15 is 0 Å². The van der Waals surface area contributed by atoms with Crippen molar-refractivity contribution in [2.24, 2.45) is 5.16 Å².